The van der Waals surface area contributed by atoms with Gasteiger partial charge in [0.05, 0.1) is 22.3 Å². The van der Waals surface area contributed by atoms with Gasteiger partial charge in [-0.3, -0.25) is 8.99 Å². The van der Waals surface area contributed by atoms with Gasteiger partial charge in [0.25, 0.3) is 10.0 Å². The van der Waals surface area contributed by atoms with Gasteiger partial charge in [0.2, 0.25) is 0 Å². The van der Waals surface area contributed by atoms with Crippen LogP contribution in [0, 0.1) is 11.8 Å². The summed E-state index contributed by atoms with van der Waals surface area (Å²) < 4.78 is 36.3. The van der Waals surface area contributed by atoms with Crippen molar-refractivity contribution in [3.05, 3.63) is 54.2 Å². The molecular weight excluding hydrogens is 422 g/mol. The normalized spacial score (nSPS) is 15.5. The summed E-state index contributed by atoms with van der Waals surface area (Å²) in [7, 11) is -3.70. The van der Waals surface area contributed by atoms with Gasteiger partial charge in [0.1, 0.15) is 0 Å². The molecule has 0 unspecified atom stereocenters. The predicted molar refractivity (Wildman–Crippen MR) is 128 cm³/mol. The van der Waals surface area contributed by atoms with E-state index in [0.717, 1.165) is 49.9 Å². The number of ether oxygens (including phenoxy) is 1. The molecule has 0 amide bonds. The maximum absolute atomic E-state index is 13.7. The third-order valence-electron chi connectivity index (χ3n) is 6.14. The van der Waals surface area contributed by atoms with E-state index >= 15 is 0 Å². The highest BCUT2D eigenvalue weighted by Crippen LogP contribution is 2.28. The minimum absolute atomic E-state index is 0.196. The van der Waals surface area contributed by atoms with Crippen LogP contribution in [-0.4, -0.2) is 38.0 Å². The molecule has 0 atom stereocenters. The maximum Gasteiger partial charge on any atom is 0.264 e. The molecule has 1 saturated heterocycles. The van der Waals surface area contributed by atoms with E-state index in [9.17, 15) is 8.42 Å². The molecule has 1 aliphatic rings. The van der Waals surface area contributed by atoms with Crippen molar-refractivity contribution in [3.8, 4) is 0 Å². The van der Waals surface area contributed by atoms with Gasteiger partial charge in [0.15, 0.2) is 0 Å². The van der Waals surface area contributed by atoms with Crippen molar-refractivity contribution >= 4 is 26.6 Å². The summed E-state index contributed by atoms with van der Waals surface area (Å²) in [6.45, 7) is 9.03. The van der Waals surface area contributed by atoms with Crippen LogP contribution in [0.25, 0.3) is 10.9 Å². The molecule has 4 rings (SSSR count). The van der Waals surface area contributed by atoms with E-state index in [-0.39, 0.29) is 5.92 Å². The van der Waals surface area contributed by atoms with Gasteiger partial charge in [-0.15, -0.1) is 0 Å². The minimum Gasteiger partial charge on any atom is -0.381 e. The first-order chi connectivity index (χ1) is 15.4. The second-order valence-electron chi connectivity index (χ2n) is 9.05. The standard InChI is InChI=1S/C25H33N3O3S/c1-4-20-5-7-23(8-6-20)28(17-19(2)3)32(29,30)24-9-10-25-22(15-24)16-26-27(25)18-21-11-13-31-14-12-21/h5-10,15-16,19,21H,4,11-14,17-18H2,1-3H3. The Hall–Kier alpha value is -2.38. The van der Waals surface area contributed by atoms with Gasteiger partial charge in [-0.05, 0) is 67.0 Å². The molecule has 172 valence electrons. The average Bonchev–Trinajstić information content (AvgIpc) is 3.20. The fraction of sp³-hybridized carbons (Fsp3) is 0.480. The summed E-state index contributed by atoms with van der Waals surface area (Å²) >= 11 is 0. The lowest BCUT2D eigenvalue weighted by atomic mass is 10.0. The highest BCUT2D eigenvalue weighted by atomic mass is 32.2. The Balaban J connectivity index is 1.65. The first-order valence-electron chi connectivity index (χ1n) is 11.5. The highest BCUT2D eigenvalue weighted by Gasteiger charge is 2.26. The molecule has 32 heavy (non-hydrogen) atoms. The monoisotopic (exact) mass is 455 g/mol. The Kier molecular flexibility index (Phi) is 6.86. The van der Waals surface area contributed by atoms with E-state index in [1.165, 1.54) is 9.87 Å². The van der Waals surface area contributed by atoms with Crippen LogP contribution in [0.2, 0.25) is 0 Å². The van der Waals surface area contributed by atoms with Crippen molar-refractivity contribution in [2.75, 3.05) is 24.1 Å². The number of hydrogen-bond acceptors (Lipinski definition) is 4. The Morgan fingerprint density at radius 3 is 2.50 bits per heavy atom. The summed E-state index contributed by atoms with van der Waals surface area (Å²) in [6.07, 6.45) is 4.77. The fourth-order valence-electron chi connectivity index (χ4n) is 4.24. The highest BCUT2D eigenvalue weighted by molar-refractivity contribution is 7.92. The summed E-state index contributed by atoms with van der Waals surface area (Å²) in [4.78, 5) is 0.302. The lowest BCUT2D eigenvalue weighted by Crippen LogP contribution is -2.34. The Bertz CT molecular complexity index is 1150. The third-order valence-corrected chi connectivity index (χ3v) is 7.93. The van der Waals surface area contributed by atoms with Crippen LogP contribution < -0.4 is 4.31 Å². The van der Waals surface area contributed by atoms with Crippen molar-refractivity contribution in [1.82, 2.24) is 9.78 Å². The number of sulfonamides is 1. The smallest absolute Gasteiger partial charge is 0.264 e. The zero-order valence-corrected chi connectivity index (χ0v) is 20.0. The summed E-state index contributed by atoms with van der Waals surface area (Å²) in [5.74, 6) is 0.740. The van der Waals surface area contributed by atoms with Crippen molar-refractivity contribution < 1.29 is 13.2 Å². The average molecular weight is 456 g/mol. The maximum atomic E-state index is 13.7. The number of benzene rings is 2. The van der Waals surface area contributed by atoms with E-state index in [2.05, 4.69) is 12.0 Å². The molecule has 0 bridgehead atoms. The first kappa shape index (κ1) is 22.8. The zero-order valence-electron chi connectivity index (χ0n) is 19.2. The topological polar surface area (TPSA) is 64.4 Å². The lowest BCUT2D eigenvalue weighted by Gasteiger charge is -2.26. The summed E-state index contributed by atoms with van der Waals surface area (Å²) in [6, 6.07) is 13.2. The fourth-order valence-corrected chi connectivity index (χ4v) is 5.91. The van der Waals surface area contributed by atoms with Crippen LogP contribution in [0.5, 0.6) is 0 Å². The number of aryl methyl sites for hydroxylation is 1. The summed E-state index contributed by atoms with van der Waals surface area (Å²) in [5.41, 5.74) is 2.86. The Morgan fingerprint density at radius 1 is 1.12 bits per heavy atom. The Labute approximate surface area is 191 Å². The van der Waals surface area contributed by atoms with E-state index in [4.69, 9.17) is 4.74 Å². The molecule has 6 nitrogen and oxygen atoms in total. The van der Waals surface area contributed by atoms with Crippen molar-refractivity contribution in [1.29, 1.82) is 0 Å². The van der Waals surface area contributed by atoms with Crippen molar-refractivity contribution in [3.63, 3.8) is 0 Å². The van der Waals surface area contributed by atoms with Crippen LogP contribution in [0.4, 0.5) is 5.69 Å². The molecule has 0 aliphatic carbocycles. The molecule has 2 aromatic carbocycles. The molecule has 7 heteroatoms. The third kappa shape index (κ3) is 4.84. The molecular formula is C25H33N3O3S. The molecule has 3 aromatic rings. The van der Waals surface area contributed by atoms with Gasteiger partial charge in [-0.2, -0.15) is 5.10 Å². The van der Waals surface area contributed by atoms with E-state index in [1.807, 2.05) is 48.9 Å². The van der Waals surface area contributed by atoms with Crippen LogP contribution in [0.1, 0.15) is 39.2 Å². The molecule has 0 N–H and O–H groups in total. The second kappa shape index (κ2) is 9.63. The van der Waals surface area contributed by atoms with E-state index in [1.54, 1.807) is 18.3 Å². The van der Waals surface area contributed by atoms with E-state index < -0.39 is 10.0 Å². The summed E-state index contributed by atoms with van der Waals surface area (Å²) in [5, 5.41) is 5.40. The molecule has 1 fully saturated rings. The van der Waals surface area contributed by atoms with Gasteiger partial charge in [-0.25, -0.2) is 8.42 Å². The van der Waals surface area contributed by atoms with E-state index in [0.29, 0.717) is 23.0 Å². The molecule has 1 aliphatic heterocycles. The number of nitrogens with zero attached hydrogens (tertiary/aromatic N) is 3. The van der Waals surface area contributed by atoms with Gasteiger partial charge >= 0.3 is 0 Å². The predicted octanol–water partition coefficient (Wildman–Crippen LogP) is 4.88. The molecule has 2 heterocycles. The molecule has 0 saturated carbocycles. The van der Waals surface area contributed by atoms with Crippen LogP contribution in [0.3, 0.4) is 0 Å². The quantitative estimate of drug-likeness (QED) is 0.486. The number of anilines is 1. The van der Waals surface area contributed by atoms with Gasteiger partial charge < -0.3 is 4.74 Å². The van der Waals surface area contributed by atoms with Crippen LogP contribution in [-0.2, 0) is 27.7 Å². The lowest BCUT2D eigenvalue weighted by molar-refractivity contribution is 0.0605. The molecule has 1 aromatic heterocycles. The molecule has 0 radical (unpaired) electrons. The minimum atomic E-state index is -3.70. The number of aromatic nitrogens is 2. The van der Waals surface area contributed by atoms with Crippen molar-refractivity contribution in [2.24, 2.45) is 11.8 Å². The Morgan fingerprint density at radius 2 is 1.84 bits per heavy atom. The molecule has 0 spiro atoms. The van der Waals surface area contributed by atoms with Gasteiger partial charge in [-0.1, -0.05) is 32.9 Å². The zero-order chi connectivity index (χ0) is 22.7. The van der Waals surface area contributed by atoms with Gasteiger partial charge in [0, 0.05) is 31.7 Å². The first-order valence-corrected chi connectivity index (χ1v) is 13.0. The SMILES string of the molecule is CCc1ccc(N(CC(C)C)S(=O)(=O)c2ccc3c(cnn3CC3CCOCC3)c2)cc1. The largest absolute Gasteiger partial charge is 0.381 e. The second-order valence-corrected chi connectivity index (χ2v) is 10.9. The van der Waals surface area contributed by atoms with Crippen LogP contribution in [0.15, 0.2) is 53.6 Å². The number of rotatable bonds is 8. The number of hydrogen-bond donors (Lipinski definition) is 0. The number of fused-ring (bicyclic) bond motifs is 1. The van der Waals surface area contributed by atoms with Crippen molar-refractivity contribution in [2.45, 2.75) is 51.5 Å². The van der Waals surface area contributed by atoms with Crippen LogP contribution >= 0.6 is 0 Å².